The van der Waals surface area contributed by atoms with Crippen molar-refractivity contribution in [1.29, 1.82) is 0 Å². The number of hydrogen-bond acceptors (Lipinski definition) is 3. The SMILES string of the molecule is CN1C(=O)CC2(CC3(CCC(N)CC3)C2)NC1=O. The molecule has 3 rings (SSSR count). The van der Waals surface area contributed by atoms with Crippen LogP contribution in [0.2, 0.25) is 0 Å². The van der Waals surface area contributed by atoms with Crippen molar-refractivity contribution in [1.82, 2.24) is 10.2 Å². The van der Waals surface area contributed by atoms with Crippen LogP contribution in [-0.4, -0.2) is 35.5 Å². The minimum atomic E-state index is -0.248. The molecule has 0 bridgehead atoms. The molecule has 1 aliphatic heterocycles. The predicted molar refractivity (Wildman–Crippen MR) is 66.8 cm³/mol. The molecule has 18 heavy (non-hydrogen) atoms. The molecule has 100 valence electrons. The first-order valence-corrected chi connectivity index (χ1v) is 6.78. The molecule has 3 fully saturated rings. The fourth-order valence-electron chi connectivity index (χ4n) is 4.08. The molecule has 5 heteroatoms. The fraction of sp³-hybridized carbons (Fsp3) is 0.846. The molecule has 0 aromatic heterocycles. The first-order chi connectivity index (χ1) is 8.44. The fourth-order valence-corrected chi connectivity index (χ4v) is 4.08. The maximum Gasteiger partial charge on any atom is 0.324 e. The van der Waals surface area contributed by atoms with Crippen molar-refractivity contribution < 1.29 is 9.59 Å². The minimum absolute atomic E-state index is 0.0545. The molecule has 2 saturated carbocycles. The molecule has 0 atom stereocenters. The minimum Gasteiger partial charge on any atom is -0.332 e. The number of nitrogens with one attached hydrogen (secondary N) is 1. The van der Waals surface area contributed by atoms with Gasteiger partial charge in [0.25, 0.3) is 0 Å². The van der Waals surface area contributed by atoms with E-state index in [9.17, 15) is 9.59 Å². The molecule has 1 saturated heterocycles. The number of carbonyl (C=O) groups is 2. The molecule has 5 nitrogen and oxygen atoms in total. The van der Waals surface area contributed by atoms with E-state index in [0.717, 1.165) is 38.5 Å². The predicted octanol–water partition coefficient (Wildman–Crippen LogP) is 0.978. The maximum atomic E-state index is 11.8. The van der Waals surface area contributed by atoms with Crippen molar-refractivity contribution in [3.05, 3.63) is 0 Å². The summed E-state index contributed by atoms with van der Waals surface area (Å²) in [6, 6.07) is 0.106. The highest BCUT2D eigenvalue weighted by Crippen LogP contribution is 2.58. The van der Waals surface area contributed by atoms with Crippen LogP contribution >= 0.6 is 0 Å². The van der Waals surface area contributed by atoms with Gasteiger partial charge in [0.2, 0.25) is 5.91 Å². The first-order valence-electron chi connectivity index (χ1n) is 6.78. The van der Waals surface area contributed by atoms with Crippen LogP contribution in [0.25, 0.3) is 0 Å². The summed E-state index contributed by atoms with van der Waals surface area (Å²) in [4.78, 5) is 24.7. The number of nitrogens with two attached hydrogens (primary N) is 1. The molecule has 3 amide bonds. The molecule has 0 aromatic rings. The van der Waals surface area contributed by atoms with Crippen LogP contribution in [0.5, 0.6) is 0 Å². The summed E-state index contributed by atoms with van der Waals surface area (Å²) in [5.41, 5.74) is 6.04. The summed E-state index contributed by atoms with van der Waals surface area (Å²) in [5, 5.41) is 3.03. The Morgan fingerprint density at radius 3 is 2.44 bits per heavy atom. The Balaban J connectivity index is 1.67. The van der Waals surface area contributed by atoms with Crippen LogP contribution in [-0.2, 0) is 4.79 Å². The Morgan fingerprint density at radius 2 is 1.89 bits per heavy atom. The molecular weight excluding hydrogens is 230 g/mol. The van der Waals surface area contributed by atoms with E-state index in [1.165, 1.54) is 4.90 Å². The summed E-state index contributed by atoms with van der Waals surface area (Å²) in [6.07, 6.45) is 6.83. The summed E-state index contributed by atoms with van der Waals surface area (Å²) in [6.45, 7) is 0. The van der Waals surface area contributed by atoms with Gasteiger partial charge in [-0.25, -0.2) is 4.79 Å². The summed E-state index contributed by atoms with van der Waals surface area (Å²) < 4.78 is 0. The van der Waals surface area contributed by atoms with Crippen LogP contribution in [0.4, 0.5) is 4.79 Å². The van der Waals surface area contributed by atoms with Gasteiger partial charge in [-0.3, -0.25) is 9.69 Å². The average molecular weight is 251 g/mol. The lowest BCUT2D eigenvalue weighted by molar-refractivity contribution is -0.136. The quantitative estimate of drug-likeness (QED) is 0.674. The van der Waals surface area contributed by atoms with Crippen LogP contribution in [0.3, 0.4) is 0 Å². The second-order valence-electron chi connectivity index (χ2n) is 6.53. The normalized spacial score (nSPS) is 44.1. The van der Waals surface area contributed by atoms with Gasteiger partial charge in [0.1, 0.15) is 0 Å². The van der Waals surface area contributed by atoms with E-state index in [-0.39, 0.29) is 17.5 Å². The smallest absolute Gasteiger partial charge is 0.324 e. The van der Waals surface area contributed by atoms with Gasteiger partial charge < -0.3 is 11.1 Å². The van der Waals surface area contributed by atoms with Crippen molar-refractivity contribution in [2.24, 2.45) is 11.1 Å². The number of hydrogen-bond donors (Lipinski definition) is 2. The van der Waals surface area contributed by atoms with Gasteiger partial charge in [0, 0.05) is 13.1 Å². The standard InChI is InChI=1S/C13H21N3O2/c1-16-10(17)6-13(15-11(16)18)7-12(8-13)4-2-9(14)3-5-12/h9H,2-8,14H2,1H3,(H,15,18). The van der Waals surface area contributed by atoms with Gasteiger partial charge in [0.15, 0.2) is 0 Å². The summed E-state index contributed by atoms with van der Waals surface area (Å²) in [5.74, 6) is -0.0545. The van der Waals surface area contributed by atoms with E-state index in [1.54, 1.807) is 7.05 Å². The molecule has 0 unspecified atom stereocenters. The zero-order valence-electron chi connectivity index (χ0n) is 10.9. The van der Waals surface area contributed by atoms with Crippen LogP contribution < -0.4 is 11.1 Å². The van der Waals surface area contributed by atoms with Crippen molar-refractivity contribution in [3.8, 4) is 0 Å². The zero-order chi connectivity index (χ0) is 13.0. The van der Waals surface area contributed by atoms with Gasteiger partial charge in [-0.1, -0.05) is 0 Å². The topological polar surface area (TPSA) is 75.4 Å². The highest BCUT2D eigenvalue weighted by atomic mass is 16.2. The number of urea groups is 1. The van der Waals surface area contributed by atoms with E-state index < -0.39 is 0 Å². The Hall–Kier alpha value is -1.10. The molecule has 3 aliphatic rings. The molecule has 1 heterocycles. The average Bonchev–Trinajstić information content (AvgIpc) is 2.28. The Bertz CT molecular complexity index is 371. The molecule has 2 spiro atoms. The van der Waals surface area contributed by atoms with E-state index in [2.05, 4.69) is 5.32 Å². The lowest BCUT2D eigenvalue weighted by Crippen LogP contribution is -2.69. The monoisotopic (exact) mass is 251 g/mol. The van der Waals surface area contributed by atoms with Gasteiger partial charge in [-0.2, -0.15) is 0 Å². The molecule has 3 N–H and O–H groups in total. The third-order valence-corrected chi connectivity index (χ3v) is 5.06. The van der Waals surface area contributed by atoms with E-state index in [0.29, 0.717) is 17.9 Å². The summed E-state index contributed by atoms with van der Waals surface area (Å²) in [7, 11) is 1.54. The summed E-state index contributed by atoms with van der Waals surface area (Å²) >= 11 is 0. The highest BCUT2D eigenvalue weighted by molar-refractivity contribution is 5.97. The van der Waals surface area contributed by atoms with Crippen molar-refractivity contribution in [2.75, 3.05) is 7.05 Å². The van der Waals surface area contributed by atoms with E-state index in [4.69, 9.17) is 5.73 Å². The number of rotatable bonds is 0. The number of imide groups is 1. The Kier molecular flexibility index (Phi) is 2.46. The third-order valence-electron chi connectivity index (χ3n) is 5.06. The number of amides is 3. The van der Waals surface area contributed by atoms with Gasteiger partial charge in [0.05, 0.1) is 12.0 Å². The third kappa shape index (κ3) is 1.72. The molecular formula is C13H21N3O2. The number of carbonyl (C=O) groups excluding carboxylic acids is 2. The Labute approximate surface area is 107 Å². The van der Waals surface area contributed by atoms with E-state index in [1.807, 2.05) is 0 Å². The number of nitrogens with zero attached hydrogens (tertiary/aromatic N) is 1. The molecule has 2 aliphatic carbocycles. The largest absolute Gasteiger partial charge is 0.332 e. The van der Waals surface area contributed by atoms with Crippen molar-refractivity contribution in [3.63, 3.8) is 0 Å². The molecule has 0 aromatic carbocycles. The van der Waals surface area contributed by atoms with Crippen molar-refractivity contribution >= 4 is 11.9 Å². The Morgan fingerprint density at radius 1 is 1.28 bits per heavy atom. The lowest BCUT2D eigenvalue weighted by Gasteiger charge is -2.60. The van der Waals surface area contributed by atoms with Gasteiger partial charge >= 0.3 is 6.03 Å². The second-order valence-corrected chi connectivity index (χ2v) is 6.53. The zero-order valence-corrected chi connectivity index (χ0v) is 10.9. The second kappa shape index (κ2) is 3.70. The maximum absolute atomic E-state index is 11.8. The molecule has 0 radical (unpaired) electrons. The van der Waals surface area contributed by atoms with Crippen LogP contribution in [0, 0.1) is 5.41 Å². The van der Waals surface area contributed by atoms with Gasteiger partial charge in [-0.05, 0) is 43.9 Å². The first kappa shape index (κ1) is 12.0. The highest BCUT2D eigenvalue weighted by Gasteiger charge is 2.58. The van der Waals surface area contributed by atoms with E-state index >= 15 is 0 Å². The van der Waals surface area contributed by atoms with Crippen LogP contribution in [0.15, 0.2) is 0 Å². The lowest BCUT2D eigenvalue weighted by atomic mass is 9.50. The van der Waals surface area contributed by atoms with Crippen LogP contribution in [0.1, 0.15) is 44.9 Å². The van der Waals surface area contributed by atoms with Crippen molar-refractivity contribution in [2.45, 2.75) is 56.5 Å². The van der Waals surface area contributed by atoms with Gasteiger partial charge in [-0.15, -0.1) is 0 Å².